The fraction of sp³-hybridized carbons (Fsp3) is 0.143. The Morgan fingerprint density at radius 1 is 1.04 bits per heavy atom. The van der Waals surface area contributed by atoms with Gasteiger partial charge in [-0.1, -0.05) is 41.4 Å². The van der Waals surface area contributed by atoms with E-state index in [1.807, 2.05) is 55.5 Å². The smallest absolute Gasteiger partial charge is 0.252 e. The van der Waals surface area contributed by atoms with Crippen molar-refractivity contribution in [3.05, 3.63) is 88.7 Å². The molecule has 0 unspecified atom stereocenters. The highest BCUT2D eigenvalue weighted by atomic mass is 35.5. The highest BCUT2D eigenvalue weighted by molar-refractivity contribution is 6.30. The second-order valence-corrected chi connectivity index (χ2v) is 6.53. The van der Waals surface area contributed by atoms with Gasteiger partial charge in [0, 0.05) is 23.5 Å². The molecule has 3 aromatic rings. The molecule has 0 aliphatic heterocycles. The summed E-state index contributed by atoms with van der Waals surface area (Å²) in [6.45, 7) is 2.58. The van der Waals surface area contributed by atoms with Gasteiger partial charge in [-0.2, -0.15) is 0 Å². The van der Waals surface area contributed by atoms with Gasteiger partial charge in [0.2, 0.25) is 0 Å². The van der Waals surface area contributed by atoms with Crippen LogP contribution in [0.25, 0.3) is 0 Å². The average Bonchev–Trinajstić information content (AvgIpc) is 2.64. The van der Waals surface area contributed by atoms with Crippen LogP contribution in [0.3, 0.4) is 0 Å². The van der Waals surface area contributed by atoms with E-state index in [1.165, 1.54) is 5.56 Å². The van der Waals surface area contributed by atoms with Crippen molar-refractivity contribution in [1.82, 2.24) is 10.3 Å². The van der Waals surface area contributed by atoms with Crippen LogP contribution in [-0.4, -0.2) is 17.4 Å². The molecule has 0 saturated heterocycles. The number of rotatable bonds is 6. The molecule has 0 bridgehead atoms. The predicted molar refractivity (Wildman–Crippen MR) is 106 cm³/mol. The fourth-order valence-electron chi connectivity index (χ4n) is 2.55. The van der Waals surface area contributed by atoms with Gasteiger partial charge < -0.3 is 10.6 Å². The standard InChI is InChI=1S/C21H20ClN3O/c1-15-5-7-19(8-6-15)25-20-12-17(13-23-14-20)21(26)24-10-9-16-3-2-4-18(22)11-16/h2-8,11-14,25H,9-10H2,1H3,(H,24,26). The quantitative estimate of drug-likeness (QED) is 0.662. The molecule has 0 radical (unpaired) electrons. The van der Waals surface area contributed by atoms with E-state index in [-0.39, 0.29) is 5.91 Å². The fourth-order valence-corrected chi connectivity index (χ4v) is 2.76. The summed E-state index contributed by atoms with van der Waals surface area (Å²) >= 11 is 5.97. The van der Waals surface area contributed by atoms with Gasteiger partial charge in [-0.3, -0.25) is 9.78 Å². The minimum absolute atomic E-state index is 0.146. The molecule has 5 heteroatoms. The van der Waals surface area contributed by atoms with Crippen LogP contribution in [0.1, 0.15) is 21.5 Å². The van der Waals surface area contributed by atoms with E-state index in [0.29, 0.717) is 17.1 Å². The van der Waals surface area contributed by atoms with E-state index >= 15 is 0 Å². The number of hydrogen-bond donors (Lipinski definition) is 2. The Kier molecular flexibility index (Phi) is 5.87. The lowest BCUT2D eigenvalue weighted by Crippen LogP contribution is -2.25. The van der Waals surface area contributed by atoms with E-state index in [4.69, 9.17) is 11.6 Å². The molecule has 0 atom stereocenters. The van der Waals surface area contributed by atoms with E-state index < -0.39 is 0 Å². The number of benzene rings is 2. The number of amides is 1. The van der Waals surface area contributed by atoms with Crippen molar-refractivity contribution < 1.29 is 4.79 Å². The Morgan fingerprint density at radius 3 is 2.62 bits per heavy atom. The van der Waals surface area contributed by atoms with Crippen LogP contribution < -0.4 is 10.6 Å². The van der Waals surface area contributed by atoms with Gasteiger partial charge >= 0.3 is 0 Å². The Balaban J connectivity index is 1.58. The lowest BCUT2D eigenvalue weighted by atomic mass is 10.1. The van der Waals surface area contributed by atoms with Crippen molar-refractivity contribution in [2.24, 2.45) is 0 Å². The number of aryl methyl sites for hydroxylation is 1. The highest BCUT2D eigenvalue weighted by Crippen LogP contribution is 2.17. The van der Waals surface area contributed by atoms with Gasteiger partial charge in [0.1, 0.15) is 0 Å². The molecule has 4 nitrogen and oxygen atoms in total. The molecular formula is C21H20ClN3O. The average molecular weight is 366 g/mol. The number of halogens is 1. The molecule has 0 fully saturated rings. The van der Waals surface area contributed by atoms with Crippen LogP contribution >= 0.6 is 11.6 Å². The second kappa shape index (κ2) is 8.50. The van der Waals surface area contributed by atoms with E-state index in [2.05, 4.69) is 15.6 Å². The maximum Gasteiger partial charge on any atom is 0.252 e. The zero-order valence-electron chi connectivity index (χ0n) is 14.5. The minimum atomic E-state index is -0.146. The normalized spacial score (nSPS) is 10.4. The molecule has 0 spiro atoms. The summed E-state index contributed by atoms with van der Waals surface area (Å²) in [6.07, 6.45) is 3.98. The zero-order valence-corrected chi connectivity index (χ0v) is 15.3. The van der Waals surface area contributed by atoms with Gasteiger partial charge in [-0.25, -0.2) is 0 Å². The third kappa shape index (κ3) is 5.07. The van der Waals surface area contributed by atoms with Gasteiger partial charge in [0.05, 0.1) is 17.4 Å². The number of hydrogen-bond acceptors (Lipinski definition) is 3. The summed E-state index contributed by atoms with van der Waals surface area (Å²) in [4.78, 5) is 16.5. The first-order valence-electron chi connectivity index (χ1n) is 8.41. The molecule has 3 rings (SSSR count). The number of anilines is 2. The van der Waals surface area contributed by atoms with E-state index in [1.54, 1.807) is 18.5 Å². The first-order chi connectivity index (χ1) is 12.6. The Bertz CT molecular complexity index is 894. The number of nitrogens with zero attached hydrogens (tertiary/aromatic N) is 1. The molecule has 2 N–H and O–H groups in total. The maximum absolute atomic E-state index is 12.3. The monoisotopic (exact) mass is 365 g/mol. The molecule has 0 aliphatic rings. The summed E-state index contributed by atoms with van der Waals surface area (Å²) in [6, 6.07) is 17.5. The molecule has 1 amide bonds. The molecule has 0 saturated carbocycles. The molecule has 2 aromatic carbocycles. The number of carbonyl (C=O) groups excluding carboxylic acids is 1. The van der Waals surface area contributed by atoms with Crippen molar-refractivity contribution in [2.45, 2.75) is 13.3 Å². The number of nitrogens with one attached hydrogen (secondary N) is 2. The number of aromatic nitrogens is 1. The second-order valence-electron chi connectivity index (χ2n) is 6.09. The van der Waals surface area contributed by atoms with Crippen LogP contribution in [0.15, 0.2) is 67.0 Å². The summed E-state index contributed by atoms with van der Waals surface area (Å²) in [5.41, 5.74) is 4.53. The van der Waals surface area contributed by atoms with Crippen LogP contribution in [0, 0.1) is 6.92 Å². The SMILES string of the molecule is Cc1ccc(Nc2cncc(C(=O)NCCc3cccc(Cl)c3)c2)cc1. The molecule has 26 heavy (non-hydrogen) atoms. The van der Waals surface area contributed by atoms with Crippen LogP contribution in [-0.2, 0) is 6.42 Å². The lowest BCUT2D eigenvalue weighted by Gasteiger charge is -2.09. The third-order valence-corrected chi connectivity index (χ3v) is 4.16. The summed E-state index contributed by atoms with van der Waals surface area (Å²) in [7, 11) is 0. The first-order valence-corrected chi connectivity index (χ1v) is 8.79. The molecule has 1 aromatic heterocycles. The van der Waals surface area contributed by atoms with E-state index in [9.17, 15) is 4.79 Å². The molecule has 0 aliphatic carbocycles. The summed E-state index contributed by atoms with van der Waals surface area (Å²) in [5.74, 6) is -0.146. The van der Waals surface area contributed by atoms with Crippen molar-refractivity contribution in [3.63, 3.8) is 0 Å². The third-order valence-electron chi connectivity index (χ3n) is 3.93. The Hall–Kier alpha value is -2.85. The van der Waals surface area contributed by atoms with E-state index in [0.717, 1.165) is 23.4 Å². The van der Waals surface area contributed by atoms with Crippen molar-refractivity contribution in [1.29, 1.82) is 0 Å². The molecular weight excluding hydrogens is 346 g/mol. The highest BCUT2D eigenvalue weighted by Gasteiger charge is 2.07. The predicted octanol–water partition coefficient (Wildman–Crippen LogP) is 4.76. The zero-order chi connectivity index (χ0) is 18.4. The minimum Gasteiger partial charge on any atom is -0.354 e. The van der Waals surface area contributed by atoms with Gasteiger partial charge in [0.25, 0.3) is 5.91 Å². The van der Waals surface area contributed by atoms with Gasteiger partial charge in [-0.15, -0.1) is 0 Å². The summed E-state index contributed by atoms with van der Waals surface area (Å²) < 4.78 is 0. The lowest BCUT2D eigenvalue weighted by molar-refractivity contribution is 0.0954. The van der Waals surface area contributed by atoms with Gasteiger partial charge in [0.15, 0.2) is 0 Å². The Labute approximate surface area is 158 Å². The van der Waals surface area contributed by atoms with Crippen LogP contribution in [0.4, 0.5) is 11.4 Å². The number of pyridine rings is 1. The van der Waals surface area contributed by atoms with Crippen LogP contribution in [0.5, 0.6) is 0 Å². The maximum atomic E-state index is 12.3. The van der Waals surface area contributed by atoms with Crippen molar-refractivity contribution in [3.8, 4) is 0 Å². The van der Waals surface area contributed by atoms with Crippen molar-refractivity contribution in [2.75, 3.05) is 11.9 Å². The first kappa shape index (κ1) is 18.0. The topological polar surface area (TPSA) is 54.0 Å². The molecule has 132 valence electrons. The van der Waals surface area contributed by atoms with Crippen molar-refractivity contribution >= 4 is 28.9 Å². The van der Waals surface area contributed by atoms with Crippen LogP contribution in [0.2, 0.25) is 5.02 Å². The Morgan fingerprint density at radius 2 is 1.85 bits per heavy atom. The largest absolute Gasteiger partial charge is 0.354 e. The molecule has 1 heterocycles. The number of carbonyl (C=O) groups is 1. The summed E-state index contributed by atoms with van der Waals surface area (Å²) in [5, 5.41) is 6.87. The van der Waals surface area contributed by atoms with Gasteiger partial charge in [-0.05, 0) is 49.2 Å².